The van der Waals surface area contributed by atoms with E-state index >= 15 is 0 Å². The highest BCUT2D eigenvalue weighted by molar-refractivity contribution is 5.72. The maximum Gasteiger partial charge on any atom is 0.311 e. The first-order valence-electron chi connectivity index (χ1n) is 4.97. The number of nitrogens with zero attached hydrogens (tertiary/aromatic N) is 1. The van der Waals surface area contributed by atoms with Gasteiger partial charge >= 0.3 is 5.97 Å². The van der Waals surface area contributed by atoms with Gasteiger partial charge in [0.1, 0.15) is 5.75 Å². The predicted octanol–water partition coefficient (Wildman–Crippen LogP) is 2.65. The van der Waals surface area contributed by atoms with Crippen molar-refractivity contribution >= 4 is 5.97 Å². The van der Waals surface area contributed by atoms with Crippen LogP contribution in [-0.2, 0) is 4.79 Å². The Morgan fingerprint density at radius 2 is 2.07 bits per heavy atom. The molecule has 0 saturated carbocycles. The molecule has 1 aromatic rings. The Balaban J connectivity index is 2.50. The van der Waals surface area contributed by atoms with E-state index in [1.165, 1.54) is 0 Å². The van der Waals surface area contributed by atoms with E-state index in [2.05, 4.69) is 0 Å². The molecule has 0 atom stereocenters. The van der Waals surface area contributed by atoms with Crippen LogP contribution >= 0.6 is 0 Å². The van der Waals surface area contributed by atoms with Crippen LogP contribution < -0.4 is 4.74 Å². The third-order valence-electron chi connectivity index (χ3n) is 1.95. The molecule has 78 valence electrons. The fraction of sp³-hybridized carbons (Fsp3) is 0.333. The number of benzene rings is 1. The summed E-state index contributed by atoms with van der Waals surface area (Å²) in [6, 6.07) is 8.51. The summed E-state index contributed by atoms with van der Waals surface area (Å²) in [4.78, 5) is 11.2. The van der Waals surface area contributed by atoms with E-state index in [0.717, 1.165) is 12.8 Å². The quantitative estimate of drug-likeness (QED) is 0.558. The SMILES string of the molecule is CCCCC(=O)Oc1ccc(C#N)cc1. The Labute approximate surface area is 89.3 Å². The number of carbonyl (C=O) groups excluding carboxylic acids is 1. The Hall–Kier alpha value is -1.82. The van der Waals surface area contributed by atoms with Crippen LogP contribution in [0.15, 0.2) is 24.3 Å². The van der Waals surface area contributed by atoms with E-state index in [9.17, 15) is 4.79 Å². The van der Waals surface area contributed by atoms with E-state index in [0.29, 0.717) is 17.7 Å². The van der Waals surface area contributed by atoms with Crippen molar-refractivity contribution in [3.63, 3.8) is 0 Å². The Morgan fingerprint density at radius 1 is 1.40 bits per heavy atom. The normalized spacial score (nSPS) is 9.33. The van der Waals surface area contributed by atoms with E-state index < -0.39 is 0 Å². The summed E-state index contributed by atoms with van der Waals surface area (Å²) in [5.74, 6) is 0.275. The maximum atomic E-state index is 11.2. The van der Waals surface area contributed by atoms with Crippen LogP contribution in [0.1, 0.15) is 31.7 Å². The number of hydrogen-bond donors (Lipinski definition) is 0. The Kier molecular flexibility index (Phi) is 4.36. The van der Waals surface area contributed by atoms with Crippen molar-refractivity contribution in [2.75, 3.05) is 0 Å². The van der Waals surface area contributed by atoms with Gasteiger partial charge in [0.25, 0.3) is 0 Å². The standard InChI is InChI=1S/C12H13NO2/c1-2-3-4-12(14)15-11-7-5-10(9-13)6-8-11/h5-8H,2-4H2,1H3. The topological polar surface area (TPSA) is 50.1 Å². The Morgan fingerprint density at radius 3 is 2.60 bits per heavy atom. The highest BCUT2D eigenvalue weighted by atomic mass is 16.5. The molecular weight excluding hydrogens is 190 g/mol. The predicted molar refractivity (Wildman–Crippen MR) is 56.3 cm³/mol. The molecule has 0 radical (unpaired) electrons. The van der Waals surface area contributed by atoms with Gasteiger partial charge in [-0.05, 0) is 30.7 Å². The number of ether oxygens (including phenoxy) is 1. The van der Waals surface area contributed by atoms with Crippen molar-refractivity contribution in [2.24, 2.45) is 0 Å². The lowest BCUT2D eigenvalue weighted by Crippen LogP contribution is -2.07. The summed E-state index contributed by atoms with van der Waals surface area (Å²) >= 11 is 0. The summed E-state index contributed by atoms with van der Waals surface area (Å²) < 4.78 is 5.07. The van der Waals surface area contributed by atoms with Gasteiger partial charge in [-0.15, -0.1) is 0 Å². The Bertz CT molecular complexity index is 362. The minimum atomic E-state index is -0.221. The first-order valence-corrected chi connectivity index (χ1v) is 4.97. The average Bonchev–Trinajstić information content (AvgIpc) is 2.27. The minimum absolute atomic E-state index is 0.221. The van der Waals surface area contributed by atoms with Crippen LogP contribution in [0.4, 0.5) is 0 Å². The number of nitriles is 1. The molecule has 3 heteroatoms. The second-order valence-electron chi connectivity index (χ2n) is 3.21. The van der Waals surface area contributed by atoms with Crippen molar-refractivity contribution in [3.05, 3.63) is 29.8 Å². The van der Waals surface area contributed by atoms with Crippen molar-refractivity contribution < 1.29 is 9.53 Å². The molecule has 0 saturated heterocycles. The molecule has 0 amide bonds. The molecule has 0 fully saturated rings. The number of hydrogen-bond acceptors (Lipinski definition) is 3. The largest absolute Gasteiger partial charge is 0.427 e. The van der Waals surface area contributed by atoms with Gasteiger partial charge in [-0.2, -0.15) is 5.26 Å². The van der Waals surface area contributed by atoms with E-state index in [4.69, 9.17) is 10.00 Å². The zero-order valence-corrected chi connectivity index (χ0v) is 8.69. The molecular formula is C12H13NO2. The lowest BCUT2D eigenvalue weighted by atomic mass is 10.2. The van der Waals surface area contributed by atoms with Crippen molar-refractivity contribution in [3.8, 4) is 11.8 Å². The van der Waals surface area contributed by atoms with Crippen LogP contribution in [0.2, 0.25) is 0 Å². The minimum Gasteiger partial charge on any atom is -0.427 e. The summed E-state index contributed by atoms with van der Waals surface area (Å²) in [6.45, 7) is 2.02. The second-order valence-corrected chi connectivity index (χ2v) is 3.21. The van der Waals surface area contributed by atoms with E-state index in [1.54, 1.807) is 24.3 Å². The molecule has 0 bridgehead atoms. The lowest BCUT2D eigenvalue weighted by Gasteiger charge is -2.02. The van der Waals surface area contributed by atoms with Crippen LogP contribution in [-0.4, -0.2) is 5.97 Å². The molecule has 0 aromatic heterocycles. The zero-order chi connectivity index (χ0) is 11.1. The molecule has 3 nitrogen and oxygen atoms in total. The van der Waals surface area contributed by atoms with Gasteiger partial charge in [0.2, 0.25) is 0 Å². The fourth-order valence-corrected chi connectivity index (χ4v) is 1.10. The summed E-state index contributed by atoms with van der Waals surface area (Å²) in [7, 11) is 0. The fourth-order valence-electron chi connectivity index (χ4n) is 1.10. The van der Waals surface area contributed by atoms with Crippen molar-refractivity contribution in [1.82, 2.24) is 0 Å². The number of unbranched alkanes of at least 4 members (excludes halogenated alkanes) is 1. The molecule has 0 N–H and O–H groups in total. The van der Waals surface area contributed by atoms with Crippen LogP contribution in [0.3, 0.4) is 0 Å². The molecule has 15 heavy (non-hydrogen) atoms. The molecule has 0 aliphatic carbocycles. The molecule has 1 rings (SSSR count). The van der Waals surface area contributed by atoms with Gasteiger partial charge in [-0.25, -0.2) is 0 Å². The van der Waals surface area contributed by atoms with E-state index in [-0.39, 0.29) is 5.97 Å². The average molecular weight is 203 g/mol. The molecule has 0 aliphatic rings. The highest BCUT2D eigenvalue weighted by Crippen LogP contribution is 2.12. The molecule has 0 unspecified atom stereocenters. The second kappa shape index (κ2) is 5.82. The first-order chi connectivity index (χ1) is 7.26. The molecule has 1 aromatic carbocycles. The monoisotopic (exact) mass is 203 g/mol. The maximum absolute atomic E-state index is 11.2. The third kappa shape index (κ3) is 3.82. The van der Waals surface area contributed by atoms with Gasteiger partial charge in [0, 0.05) is 6.42 Å². The number of rotatable bonds is 4. The van der Waals surface area contributed by atoms with Crippen molar-refractivity contribution in [2.45, 2.75) is 26.2 Å². The smallest absolute Gasteiger partial charge is 0.311 e. The lowest BCUT2D eigenvalue weighted by molar-refractivity contribution is -0.134. The van der Waals surface area contributed by atoms with Crippen LogP contribution in [0.25, 0.3) is 0 Å². The van der Waals surface area contributed by atoms with Gasteiger partial charge in [-0.1, -0.05) is 13.3 Å². The van der Waals surface area contributed by atoms with Crippen LogP contribution in [0, 0.1) is 11.3 Å². The number of carbonyl (C=O) groups is 1. The van der Waals surface area contributed by atoms with Crippen molar-refractivity contribution in [1.29, 1.82) is 5.26 Å². The van der Waals surface area contributed by atoms with Gasteiger partial charge in [0.05, 0.1) is 11.6 Å². The summed E-state index contributed by atoms with van der Waals surface area (Å²) in [5, 5.41) is 8.57. The first kappa shape index (κ1) is 11.3. The zero-order valence-electron chi connectivity index (χ0n) is 8.69. The summed E-state index contributed by atoms with van der Waals surface area (Å²) in [6.07, 6.45) is 2.26. The molecule has 0 aliphatic heterocycles. The number of esters is 1. The van der Waals surface area contributed by atoms with Crippen LogP contribution in [0.5, 0.6) is 5.75 Å². The molecule has 0 spiro atoms. The summed E-state index contributed by atoms with van der Waals surface area (Å²) in [5.41, 5.74) is 0.559. The molecule has 0 heterocycles. The third-order valence-corrected chi connectivity index (χ3v) is 1.95. The van der Waals surface area contributed by atoms with Gasteiger partial charge < -0.3 is 4.74 Å². The van der Waals surface area contributed by atoms with Gasteiger partial charge in [-0.3, -0.25) is 4.79 Å². The highest BCUT2D eigenvalue weighted by Gasteiger charge is 2.03. The van der Waals surface area contributed by atoms with Gasteiger partial charge in [0.15, 0.2) is 0 Å². The van der Waals surface area contributed by atoms with E-state index in [1.807, 2.05) is 13.0 Å².